The smallest absolute Gasteiger partial charge is 0.225 e. The summed E-state index contributed by atoms with van der Waals surface area (Å²) in [5, 5.41) is 3.07. The quantitative estimate of drug-likeness (QED) is 0.832. The van der Waals surface area contributed by atoms with Crippen molar-refractivity contribution in [2.45, 2.75) is 47.6 Å². The highest BCUT2D eigenvalue weighted by atomic mass is 16.2. The molecule has 94 valence electrons. The van der Waals surface area contributed by atoms with Crippen LogP contribution in [0.15, 0.2) is 18.2 Å². The molecule has 1 aromatic carbocycles. The molecule has 2 heteroatoms. The second kappa shape index (κ2) is 4.91. The second-order valence-electron chi connectivity index (χ2n) is 5.81. The van der Waals surface area contributed by atoms with Crippen LogP contribution in [0.5, 0.6) is 0 Å². The maximum Gasteiger partial charge on any atom is 0.225 e. The van der Waals surface area contributed by atoms with Gasteiger partial charge in [-0.1, -0.05) is 44.5 Å². The van der Waals surface area contributed by atoms with Gasteiger partial charge in [0.05, 0.1) is 6.04 Å². The molecule has 17 heavy (non-hydrogen) atoms. The first-order valence-electron chi connectivity index (χ1n) is 6.10. The molecular weight excluding hydrogens is 210 g/mol. The maximum absolute atomic E-state index is 11.9. The molecular formula is C15H23NO. The molecule has 1 aromatic rings. The van der Waals surface area contributed by atoms with Crippen molar-refractivity contribution in [3.05, 3.63) is 34.9 Å². The molecule has 0 saturated carbocycles. The molecule has 1 amide bonds. The fourth-order valence-electron chi connectivity index (χ4n) is 1.72. The minimum atomic E-state index is -0.341. The Kier molecular flexibility index (Phi) is 3.97. The Bertz CT molecular complexity index is 415. The van der Waals surface area contributed by atoms with E-state index in [0.29, 0.717) is 0 Å². The van der Waals surface area contributed by atoms with Crippen LogP contribution in [0.3, 0.4) is 0 Å². The summed E-state index contributed by atoms with van der Waals surface area (Å²) in [6.07, 6.45) is 0. The van der Waals surface area contributed by atoms with Gasteiger partial charge in [-0.2, -0.15) is 0 Å². The first-order chi connectivity index (χ1) is 7.71. The standard InChI is InChI=1S/C15H23NO/c1-10-7-8-11(2)13(9-10)12(3)16-14(17)15(4,5)6/h7-9,12H,1-6H3,(H,16,17)/t12-/m0/s1. The van der Waals surface area contributed by atoms with Crippen LogP contribution >= 0.6 is 0 Å². The number of nitrogens with one attached hydrogen (secondary N) is 1. The Morgan fingerprint density at radius 1 is 1.24 bits per heavy atom. The van der Waals surface area contributed by atoms with Crippen molar-refractivity contribution in [1.29, 1.82) is 0 Å². The number of benzene rings is 1. The molecule has 0 aromatic heterocycles. The average Bonchev–Trinajstić information content (AvgIpc) is 2.20. The van der Waals surface area contributed by atoms with Crippen molar-refractivity contribution in [2.24, 2.45) is 5.41 Å². The normalized spacial score (nSPS) is 13.3. The van der Waals surface area contributed by atoms with Gasteiger partial charge in [0, 0.05) is 5.41 Å². The molecule has 0 aliphatic carbocycles. The van der Waals surface area contributed by atoms with Gasteiger partial charge in [0.2, 0.25) is 5.91 Å². The van der Waals surface area contributed by atoms with Gasteiger partial charge in [0.25, 0.3) is 0 Å². The van der Waals surface area contributed by atoms with E-state index in [4.69, 9.17) is 0 Å². The van der Waals surface area contributed by atoms with Crippen molar-refractivity contribution in [3.63, 3.8) is 0 Å². The highest BCUT2D eigenvalue weighted by molar-refractivity contribution is 5.81. The molecule has 0 unspecified atom stereocenters. The van der Waals surface area contributed by atoms with Crippen LogP contribution in [-0.2, 0) is 4.79 Å². The molecule has 0 fully saturated rings. The summed E-state index contributed by atoms with van der Waals surface area (Å²) in [5.41, 5.74) is 3.30. The van der Waals surface area contributed by atoms with Gasteiger partial charge >= 0.3 is 0 Å². The number of carbonyl (C=O) groups is 1. The van der Waals surface area contributed by atoms with E-state index in [1.165, 1.54) is 16.7 Å². The average molecular weight is 233 g/mol. The summed E-state index contributed by atoms with van der Waals surface area (Å²) < 4.78 is 0. The minimum absolute atomic E-state index is 0.0571. The zero-order valence-electron chi connectivity index (χ0n) is 11.7. The highest BCUT2D eigenvalue weighted by Crippen LogP contribution is 2.21. The van der Waals surface area contributed by atoms with Crippen molar-refractivity contribution in [1.82, 2.24) is 5.32 Å². The van der Waals surface area contributed by atoms with Crippen molar-refractivity contribution < 1.29 is 4.79 Å². The predicted octanol–water partition coefficient (Wildman–Crippen LogP) is 3.53. The Hall–Kier alpha value is -1.31. The Balaban J connectivity index is 2.87. The van der Waals surface area contributed by atoms with Crippen LogP contribution in [0.2, 0.25) is 0 Å². The van der Waals surface area contributed by atoms with E-state index < -0.39 is 0 Å². The Morgan fingerprint density at radius 3 is 2.35 bits per heavy atom. The van der Waals surface area contributed by atoms with Crippen LogP contribution in [0.25, 0.3) is 0 Å². The number of aryl methyl sites for hydroxylation is 2. The second-order valence-corrected chi connectivity index (χ2v) is 5.81. The predicted molar refractivity (Wildman–Crippen MR) is 71.9 cm³/mol. The lowest BCUT2D eigenvalue weighted by Gasteiger charge is -2.23. The molecule has 0 aliphatic rings. The van der Waals surface area contributed by atoms with Gasteiger partial charge in [0.1, 0.15) is 0 Å². The Morgan fingerprint density at radius 2 is 1.82 bits per heavy atom. The molecule has 1 N–H and O–H groups in total. The zero-order chi connectivity index (χ0) is 13.2. The molecule has 1 rings (SSSR count). The number of hydrogen-bond donors (Lipinski definition) is 1. The number of amides is 1. The lowest BCUT2D eigenvalue weighted by molar-refractivity contribution is -0.129. The number of carbonyl (C=O) groups excluding carboxylic acids is 1. The SMILES string of the molecule is Cc1ccc(C)c([C@H](C)NC(=O)C(C)(C)C)c1. The summed E-state index contributed by atoms with van der Waals surface area (Å²) >= 11 is 0. The summed E-state index contributed by atoms with van der Waals surface area (Å²) in [6.45, 7) is 12.0. The van der Waals surface area contributed by atoms with Crippen LogP contribution in [-0.4, -0.2) is 5.91 Å². The van der Waals surface area contributed by atoms with Gasteiger partial charge in [0.15, 0.2) is 0 Å². The van der Waals surface area contributed by atoms with Crippen LogP contribution in [0.4, 0.5) is 0 Å². The van der Waals surface area contributed by atoms with Gasteiger partial charge in [-0.3, -0.25) is 4.79 Å². The molecule has 1 atom stereocenters. The molecule has 0 spiro atoms. The van der Waals surface area contributed by atoms with Crippen LogP contribution in [0.1, 0.15) is 50.4 Å². The van der Waals surface area contributed by atoms with E-state index in [2.05, 4.69) is 37.4 Å². The summed E-state index contributed by atoms with van der Waals surface area (Å²) in [7, 11) is 0. The lowest BCUT2D eigenvalue weighted by Crippen LogP contribution is -2.36. The van der Waals surface area contributed by atoms with Crippen LogP contribution in [0, 0.1) is 19.3 Å². The lowest BCUT2D eigenvalue weighted by atomic mass is 9.94. The van der Waals surface area contributed by atoms with E-state index in [-0.39, 0.29) is 17.4 Å². The fraction of sp³-hybridized carbons (Fsp3) is 0.533. The van der Waals surface area contributed by atoms with E-state index >= 15 is 0 Å². The van der Waals surface area contributed by atoms with E-state index in [1.807, 2.05) is 27.7 Å². The third-order valence-electron chi connectivity index (χ3n) is 2.93. The molecule has 0 saturated heterocycles. The third-order valence-corrected chi connectivity index (χ3v) is 2.93. The highest BCUT2D eigenvalue weighted by Gasteiger charge is 2.23. The molecule has 0 aliphatic heterocycles. The number of hydrogen-bond acceptors (Lipinski definition) is 1. The molecule has 0 radical (unpaired) electrons. The summed E-state index contributed by atoms with van der Waals surface area (Å²) in [5.74, 6) is 0.0888. The van der Waals surface area contributed by atoms with Gasteiger partial charge in [-0.15, -0.1) is 0 Å². The molecule has 0 heterocycles. The molecule has 0 bridgehead atoms. The topological polar surface area (TPSA) is 29.1 Å². The first kappa shape index (κ1) is 13.8. The van der Waals surface area contributed by atoms with Crippen molar-refractivity contribution in [3.8, 4) is 0 Å². The van der Waals surface area contributed by atoms with E-state index in [0.717, 1.165) is 0 Å². The monoisotopic (exact) mass is 233 g/mol. The minimum Gasteiger partial charge on any atom is -0.349 e. The molecule has 2 nitrogen and oxygen atoms in total. The fourth-order valence-corrected chi connectivity index (χ4v) is 1.72. The van der Waals surface area contributed by atoms with E-state index in [1.54, 1.807) is 0 Å². The largest absolute Gasteiger partial charge is 0.349 e. The van der Waals surface area contributed by atoms with Gasteiger partial charge < -0.3 is 5.32 Å². The van der Waals surface area contributed by atoms with Gasteiger partial charge in [-0.25, -0.2) is 0 Å². The first-order valence-corrected chi connectivity index (χ1v) is 6.10. The van der Waals surface area contributed by atoms with Crippen molar-refractivity contribution in [2.75, 3.05) is 0 Å². The number of rotatable bonds is 2. The Labute approximate surface area is 104 Å². The van der Waals surface area contributed by atoms with Gasteiger partial charge in [-0.05, 0) is 31.9 Å². The summed E-state index contributed by atoms with van der Waals surface area (Å²) in [6, 6.07) is 6.39. The maximum atomic E-state index is 11.9. The van der Waals surface area contributed by atoms with Crippen LogP contribution < -0.4 is 5.32 Å². The zero-order valence-corrected chi connectivity index (χ0v) is 11.7. The summed E-state index contributed by atoms with van der Waals surface area (Å²) in [4.78, 5) is 11.9. The van der Waals surface area contributed by atoms with E-state index in [9.17, 15) is 4.79 Å². The van der Waals surface area contributed by atoms with Crippen molar-refractivity contribution >= 4 is 5.91 Å². The third kappa shape index (κ3) is 3.58.